The van der Waals surface area contributed by atoms with Gasteiger partial charge in [0.25, 0.3) is 0 Å². The molecule has 0 atom stereocenters. The average molecular weight is 480 g/mol. The van der Waals surface area contributed by atoms with Crippen LogP contribution in [-0.2, 0) is 21.4 Å². The van der Waals surface area contributed by atoms with E-state index in [1.165, 1.54) is 0 Å². The molecular formula is C17H17BrCl2N2O3S. The third kappa shape index (κ3) is 5.61. The zero-order valence-corrected chi connectivity index (χ0v) is 18.0. The highest BCUT2D eigenvalue weighted by Gasteiger charge is 2.21. The molecule has 9 heteroatoms. The number of rotatable bonds is 6. The topological polar surface area (TPSA) is 66.5 Å². The summed E-state index contributed by atoms with van der Waals surface area (Å²) in [6.45, 7) is 1.69. The molecule has 0 spiro atoms. The number of hydrogen-bond donors (Lipinski definition) is 1. The molecule has 0 unspecified atom stereocenters. The number of amides is 1. The van der Waals surface area contributed by atoms with E-state index in [1.54, 1.807) is 36.4 Å². The molecule has 0 aromatic heterocycles. The predicted molar refractivity (Wildman–Crippen MR) is 109 cm³/mol. The van der Waals surface area contributed by atoms with Crippen LogP contribution in [0.25, 0.3) is 0 Å². The molecule has 5 nitrogen and oxygen atoms in total. The number of nitrogens with one attached hydrogen (secondary N) is 1. The predicted octanol–water partition coefficient (Wildman–Crippen LogP) is 4.15. The maximum absolute atomic E-state index is 12.3. The first kappa shape index (κ1) is 21.0. The van der Waals surface area contributed by atoms with Gasteiger partial charge in [-0.1, -0.05) is 45.2 Å². The summed E-state index contributed by atoms with van der Waals surface area (Å²) in [6, 6.07) is 10.0. The van der Waals surface area contributed by atoms with Gasteiger partial charge in [0.15, 0.2) is 0 Å². The standard InChI is InChI=1S/C17H17BrCl2N2O3S/c1-11-7-14(5-6-15(11)18)22(26(2,24)25)10-17(23)21-9-12-3-4-13(19)8-16(12)20/h3-8H,9-10H2,1-2H3,(H,21,23). The fraction of sp³-hybridized carbons (Fsp3) is 0.235. The maximum atomic E-state index is 12.3. The van der Waals surface area contributed by atoms with Crippen LogP contribution in [0, 0.1) is 6.92 Å². The molecule has 2 aromatic carbocycles. The van der Waals surface area contributed by atoms with Crippen LogP contribution < -0.4 is 9.62 Å². The maximum Gasteiger partial charge on any atom is 0.241 e. The van der Waals surface area contributed by atoms with Crippen molar-refractivity contribution in [2.24, 2.45) is 0 Å². The number of carbonyl (C=O) groups is 1. The number of anilines is 1. The Labute approximate surface area is 171 Å². The third-order valence-electron chi connectivity index (χ3n) is 3.61. The van der Waals surface area contributed by atoms with E-state index in [0.717, 1.165) is 20.6 Å². The molecule has 26 heavy (non-hydrogen) atoms. The van der Waals surface area contributed by atoms with Crippen molar-refractivity contribution in [1.82, 2.24) is 5.32 Å². The van der Waals surface area contributed by atoms with Gasteiger partial charge in [0.05, 0.1) is 11.9 Å². The Morgan fingerprint density at radius 3 is 2.46 bits per heavy atom. The Balaban J connectivity index is 2.13. The smallest absolute Gasteiger partial charge is 0.241 e. The van der Waals surface area contributed by atoms with Crippen LogP contribution >= 0.6 is 39.1 Å². The average Bonchev–Trinajstić information content (AvgIpc) is 2.53. The molecule has 0 heterocycles. The second-order valence-corrected chi connectivity index (χ2v) is 9.32. The van der Waals surface area contributed by atoms with Gasteiger partial charge < -0.3 is 5.32 Å². The lowest BCUT2D eigenvalue weighted by atomic mass is 10.2. The van der Waals surface area contributed by atoms with Crippen molar-refractivity contribution >= 4 is 60.7 Å². The van der Waals surface area contributed by atoms with Gasteiger partial charge in [-0.15, -0.1) is 0 Å². The third-order valence-corrected chi connectivity index (χ3v) is 6.23. The summed E-state index contributed by atoms with van der Waals surface area (Å²) < 4.78 is 26.2. The SMILES string of the molecule is Cc1cc(N(CC(=O)NCc2ccc(Cl)cc2Cl)S(C)(=O)=O)ccc1Br. The molecule has 0 radical (unpaired) electrons. The van der Waals surface area contributed by atoms with Crippen LogP contribution in [0.4, 0.5) is 5.69 Å². The van der Waals surface area contributed by atoms with Crippen LogP contribution in [0.3, 0.4) is 0 Å². The van der Waals surface area contributed by atoms with Crippen LogP contribution in [-0.4, -0.2) is 27.1 Å². The second-order valence-electron chi connectivity index (χ2n) is 5.72. The normalized spacial score (nSPS) is 11.3. The number of aryl methyl sites for hydroxylation is 1. The lowest BCUT2D eigenvalue weighted by Gasteiger charge is -2.22. The van der Waals surface area contributed by atoms with E-state index >= 15 is 0 Å². The summed E-state index contributed by atoms with van der Waals surface area (Å²) in [6.07, 6.45) is 1.06. The number of halogens is 3. The highest BCUT2D eigenvalue weighted by atomic mass is 79.9. The minimum absolute atomic E-state index is 0.172. The van der Waals surface area contributed by atoms with E-state index in [0.29, 0.717) is 21.3 Å². The van der Waals surface area contributed by atoms with Gasteiger partial charge in [-0.25, -0.2) is 8.42 Å². The van der Waals surface area contributed by atoms with Crippen LogP contribution in [0.2, 0.25) is 10.0 Å². The minimum atomic E-state index is -3.63. The molecule has 1 amide bonds. The zero-order chi connectivity index (χ0) is 19.5. The molecule has 0 saturated carbocycles. The molecule has 0 aliphatic heterocycles. The molecule has 0 aliphatic rings. The first-order valence-corrected chi connectivity index (χ1v) is 10.9. The molecule has 2 aromatic rings. The zero-order valence-electron chi connectivity index (χ0n) is 14.1. The molecule has 140 valence electrons. The van der Waals surface area contributed by atoms with Gasteiger partial charge in [-0.2, -0.15) is 0 Å². The number of carbonyl (C=O) groups excluding carboxylic acids is 1. The van der Waals surface area contributed by atoms with E-state index in [2.05, 4.69) is 21.2 Å². The van der Waals surface area contributed by atoms with Gasteiger partial charge >= 0.3 is 0 Å². The van der Waals surface area contributed by atoms with Crippen molar-refractivity contribution in [2.75, 3.05) is 17.1 Å². The van der Waals surface area contributed by atoms with Crippen molar-refractivity contribution in [1.29, 1.82) is 0 Å². The highest BCUT2D eigenvalue weighted by molar-refractivity contribution is 9.10. The first-order valence-electron chi connectivity index (χ1n) is 7.52. The molecule has 0 saturated heterocycles. The highest BCUT2D eigenvalue weighted by Crippen LogP contribution is 2.24. The Morgan fingerprint density at radius 1 is 1.19 bits per heavy atom. The van der Waals surface area contributed by atoms with E-state index in [1.807, 2.05) is 6.92 Å². The molecule has 2 rings (SSSR count). The molecular weight excluding hydrogens is 463 g/mol. The van der Waals surface area contributed by atoms with Crippen molar-refractivity contribution in [3.05, 3.63) is 62.0 Å². The molecule has 0 fully saturated rings. The Hall–Kier alpha value is -1.28. The monoisotopic (exact) mass is 478 g/mol. The Kier molecular flexibility index (Phi) is 6.96. The second kappa shape index (κ2) is 8.61. The van der Waals surface area contributed by atoms with Crippen molar-refractivity contribution in [3.63, 3.8) is 0 Å². The van der Waals surface area contributed by atoms with Crippen LogP contribution in [0.5, 0.6) is 0 Å². The van der Waals surface area contributed by atoms with Gasteiger partial charge in [0.1, 0.15) is 6.54 Å². The molecule has 0 bridgehead atoms. The van der Waals surface area contributed by atoms with E-state index in [9.17, 15) is 13.2 Å². The number of hydrogen-bond acceptors (Lipinski definition) is 3. The first-order chi connectivity index (χ1) is 12.1. The molecule has 1 N–H and O–H groups in total. The van der Waals surface area contributed by atoms with Crippen molar-refractivity contribution < 1.29 is 13.2 Å². The van der Waals surface area contributed by atoms with E-state index in [4.69, 9.17) is 23.2 Å². The Morgan fingerprint density at radius 2 is 1.88 bits per heavy atom. The summed E-state index contributed by atoms with van der Waals surface area (Å²) in [5.74, 6) is -0.443. The summed E-state index contributed by atoms with van der Waals surface area (Å²) >= 11 is 15.3. The number of nitrogens with zero attached hydrogens (tertiary/aromatic N) is 1. The van der Waals surface area contributed by atoms with Crippen LogP contribution in [0.15, 0.2) is 40.9 Å². The van der Waals surface area contributed by atoms with Crippen LogP contribution in [0.1, 0.15) is 11.1 Å². The summed E-state index contributed by atoms with van der Waals surface area (Å²) in [5, 5.41) is 3.61. The van der Waals surface area contributed by atoms with E-state index < -0.39 is 15.9 Å². The van der Waals surface area contributed by atoms with Gasteiger partial charge in [0.2, 0.25) is 15.9 Å². The van der Waals surface area contributed by atoms with E-state index in [-0.39, 0.29) is 13.1 Å². The largest absolute Gasteiger partial charge is 0.350 e. The fourth-order valence-corrected chi connectivity index (χ4v) is 3.80. The van der Waals surface area contributed by atoms with Crippen molar-refractivity contribution in [3.8, 4) is 0 Å². The van der Waals surface area contributed by atoms with Gasteiger partial charge in [0, 0.05) is 21.1 Å². The van der Waals surface area contributed by atoms with Gasteiger partial charge in [-0.05, 0) is 48.4 Å². The Bertz CT molecular complexity index is 936. The van der Waals surface area contributed by atoms with Crippen molar-refractivity contribution in [2.45, 2.75) is 13.5 Å². The molecule has 0 aliphatic carbocycles. The summed E-state index contributed by atoms with van der Waals surface area (Å²) in [4.78, 5) is 12.3. The lowest BCUT2D eigenvalue weighted by Crippen LogP contribution is -2.40. The quantitative estimate of drug-likeness (QED) is 0.676. The fourth-order valence-electron chi connectivity index (χ4n) is 2.23. The minimum Gasteiger partial charge on any atom is -0.350 e. The number of benzene rings is 2. The summed E-state index contributed by atoms with van der Waals surface area (Å²) in [5.41, 5.74) is 1.98. The lowest BCUT2D eigenvalue weighted by molar-refractivity contribution is -0.119. The summed E-state index contributed by atoms with van der Waals surface area (Å²) in [7, 11) is -3.63. The number of sulfonamides is 1. The van der Waals surface area contributed by atoms with Gasteiger partial charge in [-0.3, -0.25) is 9.10 Å².